The molecule has 1 saturated heterocycles. The van der Waals surface area contributed by atoms with E-state index in [0.29, 0.717) is 16.4 Å². The van der Waals surface area contributed by atoms with E-state index in [4.69, 9.17) is 4.52 Å². The Morgan fingerprint density at radius 3 is 2.80 bits per heavy atom. The molecule has 15 heavy (non-hydrogen) atoms. The second-order valence-electron chi connectivity index (χ2n) is 3.53. The molecule has 2 heterocycles. The van der Waals surface area contributed by atoms with Crippen molar-refractivity contribution >= 4 is 23.5 Å². The van der Waals surface area contributed by atoms with Gasteiger partial charge in [0, 0.05) is 16.8 Å². The van der Waals surface area contributed by atoms with Crippen molar-refractivity contribution in [2.45, 2.75) is 30.5 Å². The predicted molar refractivity (Wildman–Crippen MR) is 62.1 cm³/mol. The van der Waals surface area contributed by atoms with E-state index in [1.807, 2.05) is 23.5 Å². The summed E-state index contributed by atoms with van der Waals surface area (Å²) in [7, 11) is 0. The number of aromatic nitrogens is 2. The van der Waals surface area contributed by atoms with E-state index < -0.39 is 6.10 Å². The molecule has 0 aliphatic carbocycles. The summed E-state index contributed by atoms with van der Waals surface area (Å²) in [6.07, 6.45) is -0.678. The van der Waals surface area contributed by atoms with Crippen molar-refractivity contribution in [3.63, 3.8) is 0 Å². The highest BCUT2D eigenvalue weighted by Gasteiger charge is 2.28. The van der Waals surface area contributed by atoms with Crippen LogP contribution in [0.2, 0.25) is 0 Å². The van der Waals surface area contributed by atoms with E-state index in [1.165, 1.54) is 5.75 Å². The lowest BCUT2D eigenvalue weighted by Gasteiger charge is -2.24. The molecule has 84 valence electrons. The van der Waals surface area contributed by atoms with Gasteiger partial charge in [0.25, 0.3) is 5.89 Å². The molecule has 1 fully saturated rings. The van der Waals surface area contributed by atoms with Crippen molar-refractivity contribution in [3.8, 4) is 0 Å². The number of aliphatic hydroxyl groups is 1. The molecule has 0 spiro atoms. The topological polar surface area (TPSA) is 59.2 Å². The van der Waals surface area contributed by atoms with Gasteiger partial charge in [0.15, 0.2) is 5.82 Å². The second-order valence-corrected chi connectivity index (χ2v) is 6.27. The van der Waals surface area contributed by atoms with Crippen molar-refractivity contribution in [1.82, 2.24) is 10.1 Å². The maximum atomic E-state index is 9.29. The number of hydrogen-bond acceptors (Lipinski definition) is 6. The molecule has 0 radical (unpaired) electrons. The summed E-state index contributed by atoms with van der Waals surface area (Å²) >= 11 is 3.80. The van der Waals surface area contributed by atoms with Gasteiger partial charge in [-0.2, -0.15) is 16.7 Å². The molecule has 2 unspecified atom stereocenters. The van der Waals surface area contributed by atoms with Crippen LogP contribution in [0.25, 0.3) is 0 Å². The van der Waals surface area contributed by atoms with Gasteiger partial charge in [0.2, 0.25) is 0 Å². The smallest absolute Gasteiger partial charge is 0.255 e. The highest BCUT2D eigenvalue weighted by Crippen LogP contribution is 2.41. The van der Waals surface area contributed by atoms with Crippen LogP contribution in [-0.2, 0) is 0 Å². The summed E-state index contributed by atoms with van der Waals surface area (Å²) in [5.74, 6) is 3.34. The van der Waals surface area contributed by atoms with Crippen LogP contribution in [0.4, 0.5) is 0 Å². The number of aliphatic hydroxyl groups excluding tert-OH is 1. The zero-order valence-corrected chi connectivity index (χ0v) is 10.3. The minimum Gasteiger partial charge on any atom is -0.384 e. The maximum absolute atomic E-state index is 9.29. The molecular formula is C9H14N2O2S2. The number of nitrogens with zero attached hydrogens (tertiary/aromatic N) is 2. The van der Waals surface area contributed by atoms with Gasteiger partial charge in [0.1, 0.15) is 6.10 Å². The van der Waals surface area contributed by atoms with Crippen LogP contribution in [0.1, 0.15) is 36.9 Å². The fraction of sp³-hybridized carbons (Fsp3) is 0.778. The van der Waals surface area contributed by atoms with Crippen molar-refractivity contribution in [2.24, 2.45) is 0 Å². The third-order valence-electron chi connectivity index (χ3n) is 2.26. The van der Waals surface area contributed by atoms with Gasteiger partial charge in [0.05, 0.1) is 5.25 Å². The molecule has 1 aliphatic heterocycles. The van der Waals surface area contributed by atoms with Crippen molar-refractivity contribution in [1.29, 1.82) is 0 Å². The highest BCUT2D eigenvalue weighted by molar-refractivity contribution is 8.06. The summed E-state index contributed by atoms with van der Waals surface area (Å²) in [5.41, 5.74) is 0. The summed E-state index contributed by atoms with van der Waals surface area (Å²) in [6, 6.07) is 0. The van der Waals surface area contributed by atoms with Crippen molar-refractivity contribution < 1.29 is 9.63 Å². The third kappa shape index (κ3) is 2.49. The second kappa shape index (κ2) is 4.76. The molecule has 1 aromatic rings. The molecule has 4 nitrogen and oxygen atoms in total. The first-order valence-corrected chi connectivity index (χ1v) is 7.03. The standard InChI is InChI=1S/C9H14N2O2S2/c1-5(12)9-10-8(11-13-9)7-6(2)14-3-4-15-7/h5-7,12H,3-4H2,1-2H3/t5-,6?,7?/m0/s1. The molecule has 1 aliphatic rings. The minimum absolute atomic E-state index is 0.292. The Balaban J connectivity index is 2.13. The lowest BCUT2D eigenvalue weighted by atomic mass is 10.3. The Morgan fingerprint density at radius 2 is 2.20 bits per heavy atom. The molecule has 1 N–H and O–H groups in total. The summed E-state index contributed by atoms with van der Waals surface area (Å²) in [6.45, 7) is 3.81. The average molecular weight is 246 g/mol. The first kappa shape index (κ1) is 11.3. The fourth-order valence-corrected chi connectivity index (χ4v) is 4.13. The number of hydrogen-bond donors (Lipinski definition) is 1. The van der Waals surface area contributed by atoms with E-state index in [9.17, 15) is 5.11 Å². The molecule has 0 bridgehead atoms. The van der Waals surface area contributed by atoms with Crippen molar-refractivity contribution in [2.75, 3.05) is 11.5 Å². The molecule has 0 amide bonds. The number of thioether (sulfide) groups is 2. The SMILES string of the molecule is CC1SCCSC1c1noc([C@H](C)O)n1. The Morgan fingerprint density at radius 1 is 1.47 bits per heavy atom. The van der Waals surface area contributed by atoms with Gasteiger partial charge in [-0.3, -0.25) is 0 Å². The molecule has 3 atom stereocenters. The molecule has 1 aromatic heterocycles. The quantitative estimate of drug-likeness (QED) is 0.861. The fourth-order valence-electron chi connectivity index (χ4n) is 1.45. The predicted octanol–water partition coefficient (Wildman–Crippen LogP) is 2.03. The van der Waals surface area contributed by atoms with Crippen LogP contribution in [0.3, 0.4) is 0 Å². The highest BCUT2D eigenvalue weighted by atomic mass is 32.2. The van der Waals surface area contributed by atoms with Crippen LogP contribution in [0.5, 0.6) is 0 Å². The first-order valence-electron chi connectivity index (χ1n) is 4.93. The molecule has 2 rings (SSSR count). The molecule has 0 aromatic carbocycles. The molecule has 6 heteroatoms. The molecule has 0 saturated carbocycles. The van der Waals surface area contributed by atoms with E-state index in [-0.39, 0.29) is 0 Å². The summed E-state index contributed by atoms with van der Waals surface area (Å²) in [4.78, 5) is 4.22. The Bertz CT molecular complexity index is 330. The summed E-state index contributed by atoms with van der Waals surface area (Å²) < 4.78 is 4.99. The Kier molecular flexibility index (Phi) is 3.58. The lowest BCUT2D eigenvalue weighted by molar-refractivity contribution is 0.151. The zero-order valence-electron chi connectivity index (χ0n) is 8.71. The number of rotatable bonds is 2. The third-order valence-corrected chi connectivity index (χ3v) is 5.34. The van der Waals surface area contributed by atoms with Gasteiger partial charge >= 0.3 is 0 Å². The first-order chi connectivity index (χ1) is 7.18. The van der Waals surface area contributed by atoms with E-state index in [0.717, 1.165) is 11.6 Å². The Hall–Kier alpha value is -0.200. The van der Waals surface area contributed by atoms with E-state index in [1.54, 1.807) is 6.92 Å². The van der Waals surface area contributed by atoms with Gasteiger partial charge < -0.3 is 9.63 Å². The van der Waals surface area contributed by atoms with Gasteiger partial charge in [-0.15, -0.1) is 11.8 Å². The monoisotopic (exact) mass is 246 g/mol. The van der Waals surface area contributed by atoms with E-state index >= 15 is 0 Å². The minimum atomic E-state index is -0.678. The van der Waals surface area contributed by atoms with Crippen molar-refractivity contribution in [3.05, 3.63) is 11.7 Å². The van der Waals surface area contributed by atoms with Gasteiger partial charge in [-0.25, -0.2) is 0 Å². The molecular weight excluding hydrogens is 232 g/mol. The zero-order chi connectivity index (χ0) is 10.8. The van der Waals surface area contributed by atoms with E-state index in [2.05, 4.69) is 17.1 Å². The van der Waals surface area contributed by atoms with Crippen LogP contribution < -0.4 is 0 Å². The van der Waals surface area contributed by atoms with Gasteiger partial charge in [-0.1, -0.05) is 12.1 Å². The maximum Gasteiger partial charge on any atom is 0.255 e. The van der Waals surface area contributed by atoms with Crippen LogP contribution in [0.15, 0.2) is 4.52 Å². The van der Waals surface area contributed by atoms with Gasteiger partial charge in [-0.05, 0) is 6.92 Å². The van der Waals surface area contributed by atoms with Crippen LogP contribution in [-0.4, -0.2) is 32.0 Å². The van der Waals surface area contributed by atoms with Crippen LogP contribution in [0, 0.1) is 0 Å². The lowest BCUT2D eigenvalue weighted by Crippen LogP contribution is -2.16. The average Bonchev–Trinajstić information content (AvgIpc) is 2.67. The summed E-state index contributed by atoms with van der Waals surface area (Å²) in [5, 5.41) is 14.0. The largest absolute Gasteiger partial charge is 0.384 e. The normalized spacial score (nSPS) is 29.0. The van der Waals surface area contributed by atoms with Crippen LogP contribution >= 0.6 is 23.5 Å². The Labute approximate surface area is 97.2 Å².